The first-order chi connectivity index (χ1) is 6.92. The van der Waals surface area contributed by atoms with Crippen molar-refractivity contribution in [1.29, 1.82) is 0 Å². The van der Waals surface area contributed by atoms with Gasteiger partial charge in [0.2, 0.25) is 0 Å². The monoisotopic (exact) mass is 211 g/mol. The Morgan fingerprint density at radius 2 is 1.73 bits per heavy atom. The molecule has 3 nitrogen and oxygen atoms in total. The van der Waals surface area contributed by atoms with Crippen LogP contribution < -0.4 is 5.32 Å². The summed E-state index contributed by atoms with van der Waals surface area (Å²) in [4.78, 5) is 0. The zero-order valence-electron chi connectivity index (χ0n) is 10.3. The Balaban J connectivity index is 2.02. The molecule has 0 aromatic heterocycles. The van der Waals surface area contributed by atoms with Gasteiger partial charge in [-0.3, -0.25) is 0 Å². The summed E-state index contributed by atoms with van der Waals surface area (Å²) in [5, 5.41) is 3.41. The fourth-order valence-electron chi connectivity index (χ4n) is 2.19. The van der Waals surface area contributed by atoms with Gasteiger partial charge in [-0.05, 0) is 53.6 Å². The van der Waals surface area contributed by atoms with Gasteiger partial charge in [0.1, 0.15) is 0 Å². The number of rotatable bonds is 1. The SMILES string of the molecule is CC1(C)OB([C@H]2CCCNC2)OC1(C)C. The third-order valence-electron chi connectivity index (χ3n) is 3.99. The Morgan fingerprint density at radius 3 is 2.20 bits per heavy atom. The van der Waals surface area contributed by atoms with Gasteiger partial charge in [0.15, 0.2) is 0 Å². The van der Waals surface area contributed by atoms with Gasteiger partial charge in [0, 0.05) is 5.82 Å². The van der Waals surface area contributed by atoms with E-state index in [1.165, 1.54) is 12.8 Å². The first-order valence-corrected chi connectivity index (χ1v) is 5.99. The summed E-state index contributed by atoms with van der Waals surface area (Å²) in [6, 6.07) is 0. The molecule has 0 aromatic rings. The van der Waals surface area contributed by atoms with Gasteiger partial charge >= 0.3 is 7.12 Å². The zero-order valence-corrected chi connectivity index (χ0v) is 10.3. The highest BCUT2D eigenvalue weighted by Gasteiger charge is 2.53. The van der Waals surface area contributed by atoms with Crippen molar-refractivity contribution < 1.29 is 9.31 Å². The van der Waals surface area contributed by atoms with E-state index in [4.69, 9.17) is 9.31 Å². The molecular weight excluding hydrogens is 189 g/mol. The predicted octanol–water partition coefficient (Wildman–Crippen LogP) is 1.83. The van der Waals surface area contributed by atoms with E-state index in [9.17, 15) is 0 Å². The van der Waals surface area contributed by atoms with Crippen LogP contribution in [0.25, 0.3) is 0 Å². The van der Waals surface area contributed by atoms with E-state index in [-0.39, 0.29) is 18.3 Å². The molecule has 2 aliphatic rings. The summed E-state index contributed by atoms with van der Waals surface area (Å²) >= 11 is 0. The summed E-state index contributed by atoms with van der Waals surface area (Å²) in [6.07, 6.45) is 2.44. The quantitative estimate of drug-likeness (QED) is 0.671. The van der Waals surface area contributed by atoms with Crippen molar-refractivity contribution >= 4 is 7.12 Å². The molecule has 2 saturated heterocycles. The molecule has 86 valence electrons. The lowest BCUT2D eigenvalue weighted by Gasteiger charge is -2.32. The van der Waals surface area contributed by atoms with Gasteiger partial charge in [0.05, 0.1) is 11.2 Å². The lowest BCUT2D eigenvalue weighted by atomic mass is 9.68. The van der Waals surface area contributed by atoms with Gasteiger partial charge in [-0.1, -0.05) is 0 Å². The van der Waals surface area contributed by atoms with Crippen LogP contribution >= 0.6 is 0 Å². The summed E-state index contributed by atoms with van der Waals surface area (Å²) in [5.74, 6) is 0.514. The highest BCUT2D eigenvalue weighted by Crippen LogP contribution is 2.41. The Hall–Kier alpha value is -0.0551. The Kier molecular flexibility index (Phi) is 2.86. The van der Waals surface area contributed by atoms with Gasteiger partial charge in [-0.2, -0.15) is 0 Å². The van der Waals surface area contributed by atoms with Gasteiger partial charge in [-0.25, -0.2) is 0 Å². The lowest BCUT2D eigenvalue weighted by molar-refractivity contribution is 0.00578. The second kappa shape index (κ2) is 3.76. The molecule has 15 heavy (non-hydrogen) atoms. The van der Waals surface area contributed by atoms with E-state index >= 15 is 0 Å². The third kappa shape index (κ3) is 2.08. The second-order valence-corrected chi connectivity index (χ2v) is 5.73. The molecule has 2 fully saturated rings. The topological polar surface area (TPSA) is 30.5 Å². The van der Waals surface area contributed by atoms with Crippen LogP contribution in [0.1, 0.15) is 40.5 Å². The molecule has 0 unspecified atom stereocenters. The maximum atomic E-state index is 6.04. The van der Waals surface area contributed by atoms with Crippen molar-refractivity contribution in [2.24, 2.45) is 0 Å². The van der Waals surface area contributed by atoms with Gasteiger partial charge in [0.25, 0.3) is 0 Å². The Morgan fingerprint density at radius 1 is 1.13 bits per heavy atom. The van der Waals surface area contributed by atoms with Crippen molar-refractivity contribution in [3.8, 4) is 0 Å². The average molecular weight is 211 g/mol. The van der Waals surface area contributed by atoms with Crippen LogP contribution in [0.4, 0.5) is 0 Å². The highest BCUT2D eigenvalue weighted by atomic mass is 16.7. The minimum atomic E-state index is -0.185. The van der Waals surface area contributed by atoms with Crippen LogP contribution in [0.2, 0.25) is 5.82 Å². The largest absolute Gasteiger partial charge is 0.462 e. The van der Waals surface area contributed by atoms with Crippen LogP contribution in [-0.2, 0) is 9.31 Å². The van der Waals surface area contributed by atoms with Crippen molar-refractivity contribution in [1.82, 2.24) is 5.32 Å². The summed E-state index contributed by atoms with van der Waals surface area (Å²) in [7, 11) is -0.0252. The van der Waals surface area contributed by atoms with E-state index in [1.54, 1.807) is 0 Å². The van der Waals surface area contributed by atoms with E-state index in [0.29, 0.717) is 5.82 Å². The van der Waals surface area contributed by atoms with Crippen LogP contribution in [0, 0.1) is 0 Å². The molecule has 0 bridgehead atoms. The van der Waals surface area contributed by atoms with E-state index in [1.807, 2.05) is 0 Å². The normalized spacial score (nSPS) is 34.4. The Bertz CT molecular complexity index is 221. The number of hydrogen-bond acceptors (Lipinski definition) is 3. The molecule has 1 N–H and O–H groups in total. The van der Waals surface area contributed by atoms with Crippen LogP contribution in [0.15, 0.2) is 0 Å². The minimum Gasteiger partial charge on any atom is -0.403 e. The summed E-state index contributed by atoms with van der Waals surface area (Å²) in [5.41, 5.74) is -0.371. The first-order valence-electron chi connectivity index (χ1n) is 5.99. The van der Waals surface area contributed by atoms with Crippen molar-refractivity contribution in [2.75, 3.05) is 13.1 Å². The fraction of sp³-hybridized carbons (Fsp3) is 1.00. The molecular formula is C11H22BNO2. The summed E-state index contributed by atoms with van der Waals surface area (Å²) in [6.45, 7) is 10.6. The fourth-order valence-corrected chi connectivity index (χ4v) is 2.19. The standard InChI is InChI=1S/C11H22BNO2/c1-10(2)11(3,4)15-12(14-10)9-6-5-7-13-8-9/h9,13H,5-8H2,1-4H3/t9-/m0/s1. The molecule has 0 amide bonds. The Labute approximate surface area is 93.0 Å². The number of nitrogens with one attached hydrogen (secondary N) is 1. The molecule has 0 aliphatic carbocycles. The van der Waals surface area contributed by atoms with E-state index < -0.39 is 0 Å². The number of hydrogen-bond donors (Lipinski definition) is 1. The molecule has 4 heteroatoms. The predicted molar refractivity (Wildman–Crippen MR) is 61.9 cm³/mol. The van der Waals surface area contributed by atoms with Crippen molar-refractivity contribution in [2.45, 2.75) is 57.6 Å². The van der Waals surface area contributed by atoms with E-state index in [2.05, 4.69) is 33.0 Å². The summed E-state index contributed by atoms with van der Waals surface area (Å²) < 4.78 is 12.1. The number of piperidine rings is 1. The minimum absolute atomic E-state index is 0.0252. The second-order valence-electron chi connectivity index (χ2n) is 5.73. The van der Waals surface area contributed by atoms with Crippen molar-refractivity contribution in [3.05, 3.63) is 0 Å². The van der Waals surface area contributed by atoms with Crippen molar-refractivity contribution in [3.63, 3.8) is 0 Å². The molecule has 0 aromatic carbocycles. The van der Waals surface area contributed by atoms with Crippen LogP contribution in [0.3, 0.4) is 0 Å². The molecule has 2 heterocycles. The molecule has 0 saturated carbocycles. The zero-order chi connectivity index (χ0) is 11.1. The van der Waals surface area contributed by atoms with Gasteiger partial charge < -0.3 is 14.6 Å². The molecule has 0 spiro atoms. The van der Waals surface area contributed by atoms with Gasteiger partial charge in [-0.15, -0.1) is 0 Å². The van der Waals surface area contributed by atoms with Crippen LogP contribution in [-0.4, -0.2) is 31.4 Å². The van der Waals surface area contributed by atoms with Crippen LogP contribution in [0.5, 0.6) is 0 Å². The van der Waals surface area contributed by atoms with E-state index in [0.717, 1.165) is 13.1 Å². The molecule has 2 aliphatic heterocycles. The molecule has 0 radical (unpaired) electrons. The molecule has 2 rings (SSSR count). The lowest BCUT2D eigenvalue weighted by Crippen LogP contribution is -2.41. The third-order valence-corrected chi connectivity index (χ3v) is 3.99. The first kappa shape index (κ1) is 11.4. The average Bonchev–Trinajstić information content (AvgIpc) is 2.38. The smallest absolute Gasteiger partial charge is 0.403 e. The molecule has 1 atom stereocenters. The maximum absolute atomic E-state index is 6.04. The highest BCUT2D eigenvalue weighted by molar-refractivity contribution is 6.47. The maximum Gasteiger partial charge on any atom is 0.462 e.